The van der Waals surface area contributed by atoms with Crippen LogP contribution >= 0.6 is 0 Å². The fourth-order valence-electron chi connectivity index (χ4n) is 1.43. The van der Waals surface area contributed by atoms with Crippen LogP contribution in [-0.2, 0) is 0 Å². The van der Waals surface area contributed by atoms with Crippen LogP contribution in [0, 0.1) is 20.8 Å². The minimum atomic E-state index is 0.584. The summed E-state index contributed by atoms with van der Waals surface area (Å²) < 4.78 is 5.72. The number of hydrogen-bond acceptors (Lipinski definition) is 3. The first-order valence-electron chi connectivity index (χ1n) is 5.19. The first-order valence-corrected chi connectivity index (χ1v) is 5.19. The van der Waals surface area contributed by atoms with Crippen LogP contribution in [0.15, 0.2) is 30.6 Å². The summed E-state index contributed by atoms with van der Waals surface area (Å²) in [6, 6.07) is 7.81. The van der Waals surface area contributed by atoms with Gasteiger partial charge in [0.05, 0.1) is 0 Å². The Balaban J connectivity index is 2.31. The quantitative estimate of drug-likeness (QED) is 0.770. The van der Waals surface area contributed by atoms with Crippen LogP contribution in [0.1, 0.15) is 16.8 Å². The SMILES string of the molecule is Cc1cc(Oc2cccc(C)c2C)ncn1. The largest absolute Gasteiger partial charge is 0.439 e. The van der Waals surface area contributed by atoms with Gasteiger partial charge in [-0.05, 0) is 38.0 Å². The zero-order chi connectivity index (χ0) is 11.5. The Morgan fingerprint density at radius 2 is 1.88 bits per heavy atom. The Hall–Kier alpha value is -1.90. The first-order chi connectivity index (χ1) is 7.66. The van der Waals surface area contributed by atoms with Gasteiger partial charge < -0.3 is 4.74 Å². The number of rotatable bonds is 2. The van der Waals surface area contributed by atoms with Gasteiger partial charge in [-0.15, -0.1) is 0 Å². The van der Waals surface area contributed by atoms with E-state index in [0.717, 1.165) is 17.0 Å². The number of ether oxygens (including phenoxy) is 1. The van der Waals surface area contributed by atoms with E-state index in [2.05, 4.69) is 23.0 Å². The normalized spacial score (nSPS) is 10.2. The van der Waals surface area contributed by atoms with E-state index < -0.39 is 0 Å². The minimum absolute atomic E-state index is 0.584. The molecule has 0 fully saturated rings. The van der Waals surface area contributed by atoms with E-state index in [1.807, 2.05) is 32.0 Å². The van der Waals surface area contributed by atoms with E-state index in [4.69, 9.17) is 4.74 Å². The van der Waals surface area contributed by atoms with Crippen LogP contribution in [0.4, 0.5) is 0 Å². The number of hydrogen-bond donors (Lipinski definition) is 0. The van der Waals surface area contributed by atoms with Gasteiger partial charge in [0.25, 0.3) is 0 Å². The summed E-state index contributed by atoms with van der Waals surface area (Å²) in [5, 5.41) is 0. The van der Waals surface area contributed by atoms with Crippen molar-refractivity contribution in [2.75, 3.05) is 0 Å². The van der Waals surface area contributed by atoms with Gasteiger partial charge >= 0.3 is 0 Å². The molecule has 0 aliphatic carbocycles. The van der Waals surface area contributed by atoms with Crippen LogP contribution in [0.3, 0.4) is 0 Å². The second-order valence-corrected chi connectivity index (χ2v) is 3.80. The van der Waals surface area contributed by atoms with Gasteiger partial charge in [0.2, 0.25) is 5.88 Å². The van der Waals surface area contributed by atoms with Crippen molar-refractivity contribution in [2.45, 2.75) is 20.8 Å². The number of aryl methyl sites for hydroxylation is 2. The smallest absolute Gasteiger partial charge is 0.222 e. The van der Waals surface area contributed by atoms with Crippen molar-refractivity contribution in [1.82, 2.24) is 9.97 Å². The second kappa shape index (κ2) is 4.31. The zero-order valence-corrected chi connectivity index (χ0v) is 9.69. The van der Waals surface area contributed by atoms with Gasteiger partial charge in [0.15, 0.2) is 0 Å². The minimum Gasteiger partial charge on any atom is -0.439 e. The average Bonchev–Trinajstić information content (AvgIpc) is 2.25. The third kappa shape index (κ3) is 2.19. The number of nitrogens with zero attached hydrogens (tertiary/aromatic N) is 2. The lowest BCUT2D eigenvalue weighted by atomic mass is 10.1. The molecule has 0 radical (unpaired) electrons. The highest BCUT2D eigenvalue weighted by Crippen LogP contribution is 2.25. The summed E-state index contributed by atoms with van der Waals surface area (Å²) in [6.45, 7) is 6.02. The molecule has 1 heterocycles. The molecule has 0 amide bonds. The van der Waals surface area contributed by atoms with Crippen molar-refractivity contribution < 1.29 is 4.74 Å². The lowest BCUT2D eigenvalue weighted by Crippen LogP contribution is -1.93. The molecule has 2 rings (SSSR count). The molecule has 0 aliphatic rings. The molecule has 16 heavy (non-hydrogen) atoms. The van der Waals surface area contributed by atoms with Gasteiger partial charge in [-0.25, -0.2) is 9.97 Å². The van der Waals surface area contributed by atoms with Crippen molar-refractivity contribution in [3.8, 4) is 11.6 Å². The fraction of sp³-hybridized carbons (Fsp3) is 0.231. The molecule has 3 nitrogen and oxygen atoms in total. The molecule has 0 atom stereocenters. The molecule has 0 bridgehead atoms. The fourth-order valence-corrected chi connectivity index (χ4v) is 1.43. The third-order valence-corrected chi connectivity index (χ3v) is 2.55. The molecule has 0 saturated carbocycles. The molecular formula is C13H14N2O. The van der Waals surface area contributed by atoms with E-state index in [0.29, 0.717) is 5.88 Å². The third-order valence-electron chi connectivity index (χ3n) is 2.55. The predicted octanol–water partition coefficient (Wildman–Crippen LogP) is 3.19. The lowest BCUT2D eigenvalue weighted by Gasteiger charge is -2.09. The van der Waals surface area contributed by atoms with Gasteiger partial charge in [-0.2, -0.15) is 0 Å². The van der Waals surface area contributed by atoms with Crippen molar-refractivity contribution in [3.05, 3.63) is 47.4 Å². The highest BCUT2D eigenvalue weighted by Gasteiger charge is 2.04. The molecule has 0 saturated heterocycles. The van der Waals surface area contributed by atoms with Crippen LogP contribution in [0.25, 0.3) is 0 Å². The Bertz CT molecular complexity index is 509. The topological polar surface area (TPSA) is 35.0 Å². The first kappa shape index (κ1) is 10.6. The van der Waals surface area contributed by atoms with Gasteiger partial charge in [-0.1, -0.05) is 12.1 Å². The second-order valence-electron chi connectivity index (χ2n) is 3.80. The molecule has 0 N–H and O–H groups in total. The predicted molar refractivity (Wildman–Crippen MR) is 62.8 cm³/mol. The van der Waals surface area contributed by atoms with E-state index in [1.54, 1.807) is 0 Å². The molecular weight excluding hydrogens is 200 g/mol. The lowest BCUT2D eigenvalue weighted by molar-refractivity contribution is 0.457. The summed E-state index contributed by atoms with van der Waals surface area (Å²) in [7, 11) is 0. The maximum atomic E-state index is 5.72. The van der Waals surface area contributed by atoms with E-state index in [9.17, 15) is 0 Å². The zero-order valence-electron chi connectivity index (χ0n) is 9.69. The Morgan fingerprint density at radius 3 is 2.62 bits per heavy atom. The van der Waals surface area contributed by atoms with Crippen LogP contribution < -0.4 is 4.74 Å². The highest BCUT2D eigenvalue weighted by atomic mass is 16.5. The molecule has 3 heteroatoms. The highest BCUT2D eigenvalue weighted by molar-refractivity contribution is 5.40. The maximum absolute atomic E-state index is 5.72. The summed E-state index contributed by atoms with van der Waals surface area (Å²) in [6.07, 6.45) is 1.51. The molecule has 0 unspecified atom stereocenters. The van der Waals surface area contributed by atoms with Gasteiger partial charge in [0.1, 0.15) is 12.1 Å². The molecule has 82 valence electrons. The molecule has 1 aromatic carbocycles. The Kier molecular flexibility index (Phi) is 2.86. The Labute approximate surface area is 95.1 Å². The van der Waals surface area contributed by atoms with Gasteiger partial charge in [-0.3, -0.25) is 0 Å². The van der Waals surface area contributed by atoms with E-state index >= 15 is 0 Å². The number of aromatic nitrogens is 2. The Morgan fingerprint density at radius 1 is 1.06 bits per heavy atom. The molecule has 2 aromatic rings. The van der Waals surface area contributed by atoms with E-state index in [-0.39, 0.29) is 0 Å². The molecule has 1 aromatic heterocycles. The monoisotopic (exact) mass is 214 g/mol. The summed E-state index contributed by atoms with van der Waals surface area (Å²) >= 11 is 0. The molecule has 0 aliphatic heterocycles. The van der Waals surface area contributed by atoms with Crippen molar-refractivity contribution in [3.63, 3.8) is 0 Å². The maximum Gasteiger partial charge on any atom is 0.222 e. The standard InChI is InChI=1S/C13H14N2O/c1-9-5-4-6-12(11(9)3)16-13-7-10(2)14-8-15-13/h4-8H,1-3H3. The summed E-state index contributed by atoms with van der Waals surface area (Å²) in [4.78, 5) is 8.10. The van der Waals surface area contributed by atoms with Crippen LogP contribution in [0.2, 0.25) is 0 Å². The average molecular weight is 214 g/mol. The van der Waals surface area contributed by atoms with E-state index in [1.165, 1.54) is 11.9 Å². The summed E-state index contributed by atoms with van der Waals surface area (Å²) in [5.41, 5.74) is 3.25. The van der Waals surface area contributed by atoms with Crippen LogP contribution in [-0.4, -0.2) is 9.97 Å². The van der Waals surface area contributed by atoms with Gasteiger partial charge in [0, 0.05) is 11.8 Å². The van der Waals surface area contributed by atoms with Crippen molar-refractivity contribution in [2.24, 2.45) is 0 Å². The molecule has 0 spiro atoms. The van der Waals surface area contributed by atoms with Crippen LogP contribution in [0.5, 0.6) is 11.6 Å². The van der Waals surface area contributed by atoms with Crippen molar-refractivity contribution >= 4 is 0 Å². The number of benzene rings is 1. The van der Waals surface area contributed by atoms with Crippen molar-refractivity contribution in [1.29, 1.82) is 0 Å². The summed E-state index contributed by atoms with van der Waals surface area (Å²) in [5.74, 6) is 1.43.